The molecule has 2 unspecified atom stereocenters. The van der Waals surface area contributed by atoms with Crippen LogP contribution in [0.1, 0.15) is 43.7 Å². The van der Waals surface area contributed by atoms with Crippen molar-refractivity contribution in [3.8, 4) is 0 Å². The van der Waals surface area contributed by atoms with Crippen LogP contribution >= 0.6 is 0 Å². The third kappa shape index (κ3) is 14.5. The van der Waals surface area contributed by atoms with Gasteiger partial charge in [0.25, 0.3) is 10.1 Å². The minimum atomic E-state index is -4.00. The monoisotopic (exact) mass is 390 g/mol. The molecule has 0 bridgehead atoms. The minimum Gasteiger partial charge on any atom is -0.286 e. The fourth-order valence-electron chi connectivity index (χ4n) is 2.09. The molecule has 26 heavy (non-hydrogen) atoms. The highest BCUT2D eigenvalue weighted by Gasteiger charge is 2.16. The molecular weight excluding hydrogens is 365 g/mol. The lowest BCUT2D eigenvalue weighted by atomic mass is 9.84. The van der Waals surface area contributed by atoms with Crippen LogP contribution in [0.4, 0.5) is 13.2 Å². The zero-order valence-electron chi connectivity index (χ0n) is 15.2. The highest BCUT2D eigenvalue weighted by molar-refractivity contribution is 7.85. The zero-order valence-corrected chi connectivity index (χ0v) is 16.1. The second-order valence-corrected chi connectivity index (χ2v) is 7.38. The average molecular weight is 390 g/mol. The molecule has 146 valence electrons. The maximum atomic E-state index is 10.4. The van der Waals surface area contributed by atoms with E-state index in [1.807, 2.05) is 0 Å². The summed E-state index contributed by atoms with van der Waals surface area (Å²) in [4.78, 5) is 0. The maximum absolute atomic E-state index is 10.4. The van der Waals surface area contributed by atoms with Crippen molar-refractivity contribution in [3.63, 3.8) is 0 Å². The summed E-state index contributed by atoms with van der Waals surface area (Å²) in [5.74, 6) is 1.12. The molecule has 1 N–H and O–H groups in total. The Labute approximate surface area is 153 Å². The Bertz CT molecular complexity index is 657. The summed E-state index contributed by atoms with van der Waals surface area (Å²) in [6.07, 6.45) is -3.28. The Hall–Kier alpha value is -1.86. The van der Waals surface area contributed by atoms with Crippen molar-refractivity contribution in [1.82, 2.24) is 0 Å². The molecule has 2 aromatic carbocycles. The van der Waals surface area contributed by atoms with Gasteiger partial charge in [0.15, 0.2) is 0 Å². The van der Waals surface area contributed by atoms with Gasteiger partial charge in [-0.2, -0.15) is 21.6 Å². The van der Waals surface area contributed by atoms with E-state index in [0.717, 1.165) is 0 Å². The number of benzene rings is 2. The van der Waals surface area contributed by atoms with Gasteiger partial charge in [-0.1, -0.05) is 74.5 Å². The molecule has 3 nitrogen and oxygen atoms in total. The Morgan fingerprint density at radius 3 is 1.19 bits per heavy atom. The van der Waals surface area contributed by atoms with Gasteiger partial charge in [0.1, 0.15) is 0 Å². The average Bonchev–Trinajstić information content (AvgIpc) is 2.52. The normalized spacial score (nSPS) is 13.4. The first-order chi connectivity index (χ1) is 11.8. The second kappa shape index (κ2) is 11.0. The third-order valence-electron chi connectivity index (χ3n) is 3.40. The van der Waals surface area contributed by atoms with Crippen molar-refractivity contribution < 1.29 is 26.1 Å². The van der Waals surface area contributed by atoms with Gasteiger partial charge in [-0.15, -0.1) is 0 Å². The zero-order chi connectivity index (χ0) is 20.4. The molecule has 0 aliphatic carbocycles. The van der Waals surface area contributed by atoms with E-state index in [4.69, 9.17) is 4.55 Å². The van der Waals surface area contributed by atoms with Crippen LogP contribution in [0.15, 0.2) is 60.7 Å². The number of rotatable bonds is 3. The van der Waals surface area contributed by atoms with Crippen LogP contribution in [0.2, 0.25) is 0 Å². The highest BCUT2D eigenvalue weighted by atomic mass is 32.2. The predicted molar refractivity (Wildman–Crippen MR) is 98.9 cm³/mol. The van der Waals surface area contributed by atoms with Gasteiger partial charge in [-0.25, -0.2) is 0 Å². The Kier molecular flexibility index (Phi) is 10.2. The van der Waals surface area contributed by atoms with Crippen LogP contribution < -0.4 is 0 Å². The standard InChI is InChI=1S/C16H18.C2H3F3.CH4O3S/c1-13(15-9-5-3-6-10-15)14(2)16-11-7-4-8-12-16;1-2(3,4)5;1-5(2,3)4/h3-14H,1-2H3;1H3;1H3,(H,2,3,4). The van der Waals surface area contributed by atoms with Gasteiger partial charge in [0.2, 0.25) is 0 Å². The van der Waals surface area contributed by atoms with E-state index in [9.17, 15) is 21.6 Å². The molecule has 2 aromatic rings. The van der Waals surface area contributed by atoms with Crippen LogP contribution in [0.25, 0.3) is 0 Å². The fourth-order valence-corrected chi connectivity index (χ4v) is 2.09. The quantitative estimate of drug-likeness (QED) is 0.688. The van der Waals surface area contributed by atoms with Gasteiger partial charge in [-0.05, 0) is 23.0 Å². The van der Waals surface area contributed by atoms with Gasteiger partial charge in [-0.3, -0.25) is 4.55 Å². The van der Waals surface area contributed by atoms with Gasteiger partial charge < -0.3 is 0 Å². The molecule has 0 spiro atoms. The largest absolute Gasteiger partial charge is 0.386 e. The number of hydrogen-bond donors (Lipinski definition) is 1. The molecule has 0 fully saturated rings. The number of alkyl halides is 3. The second-order valence-electron chi connectivity index (χ2n) is 5.91. The molecule has 0 aliphatic rings. The fraction of sp³-hybridized carbons (Fsp3) is 0.368. The molecular formula is C19H25F3O3S. The van der Waals surface area contributed by atoms with E-state index >= 15 is 0 Å². The molecule has 7 heteroatoms. The van der Waals surface area contributed by atoms with E-state index in [1.54, 1.807) is 0 Å². The van der Waals surface area contributed by atoms with E-state index in [2.05, 4.69) is 74.5 Å². The minimum absolute atomic E-state index is 0.188. The summed E-state index contributed by atoms with van der Waals surface area (Å²) < 4.78 is 56.9. The summed E-state index contributed by atoms with van der Waals surface area (Å²) in [7, 11) is -3.67. The molecule has 0 saturated heterocycles. The third-order valence-corrected chi connectivity index (χ3v) is 3.40. The van der Waals surface area contributed by atoms with Crippen molar-refractivity contribution in [2.75, 3.05) is 6.26 Å². The topological polar surface area (TPSA) is 54.4 Å². The van der Waals surface area contributed by atoms with Crippen LogP contribution in [0.5, 0.6) is 0 Å². The Balaban J connectivity index is 0.000000520. The van der Waals surface area contributed by atoms with Gasteiger partial charge >= 0.3 is 6.18 Å². The van der Waals surface area contributed by atoms with Crippen molar-refractivity contribution in [2.45, 2.75) is 38.8 Å². The maximum Gasteiger partial charge on any atom is 0.386 e. The van der Waals surface area contributed by atoms with Crippen LogP contribution in [0.3, 0.4) is 0 Å². The summed E-state index contributed by atoms with van der Waals surface area (Å²) >= 11 is 0. The SMILES string of the molecule is CC(F)(F)F.CC(c1ccccc1)C(C)c1ccccc1.CS(=O)(=O)O. The van der Waals surface area contributed by atoms with E-state index in [0.29, 0.717) is 18.1 Å². The number of hydrogen-bond acceptors (Lipinski definition) is 2. The van der Waals surface area contributed by atoms with Gasteiger partial charge in [0, 0.05) is 6.92 Å². The molecule has 2 rings (SSSR count). The van der Waals surface area contributed by atoms with E-state index in [-0.39, 0.29) is 6.92 Å². The summed E-state index contributed by atoms with van der Waals surface area (Å²) in [6.45, 7) is 4.78. The lowest BCUT2D eigenvalue weighted by Gasteiger charge is -2.20. The van der Waals surface area contributed by atoms with Crippen LogP contribution in [-0.2, 0) is 10.1 Å². The molecule has 0 amide bonds. The Morgan fingerprint density at radius 2 is 1.00 bits per heavy atom. The predicted octanol–water partition coefficient (Wildman–Crippen LogP) is 5.67. The van der Waals surface area contributed by atoms with Gasteiger partial charge in [0.05, 0.1) is 6.26 Å². The highest BCUT2D eigenvalue weighted by Crippen LogP contribution is 2.31. The Morgan fingerprint density at radius 1 is 0.808 bits per heavy atom. The molecule has 0 aliphatic heterocycles. The molecule has 0 heterocycles. The lowest BCUT2D eigenvalue weighted by molar-refractivity contribution is -0.110. The first-order valence-corrected chi connectivity index (χ1v) is 9.73. The summed E-state index contributed by atoms with van der Waals surface area (Å²) in [5, 5.41) is 0. The van der Waals surface area contributed by atoms with E-state index in [1.165, 1.54) is 11.1 Å². The first kappa shape index (κ1) is 24.1. The lowest BCUT2D eigenvalue weighted by Crippen LogP contribution is -2.04. The summed E-state index contributed by atoms with van der Waals surface area (Å²) in [5.41, 5.74) is 2.83. The molecule has 0 radical (unpaired) electrons. The molecule has 0 saturated carbocycles. The van der Waals surface area contributed by atoms with Crippen molar-refractivity contribution in [2.24, 2.45) is 0 Å². The smallest absolute Gasteiger partial charge is 0.286 e. The van der Waals surface area contributed by atoms with Crippen LogP contribution in [-0.4, -0.2) is 25.4 Å². The molecule has 0 aromatic heterocycles. The molecule has 2 atom stereocenters. The van der Waals surface area contributed by atoms with Crippen molar-refractivity contribution in [1.29, 1.82) is 0 Å². The number of halogens is 3. The first-order valence-electron chi connectivity index (χ1n) is 7.88. The van der Waals surface area contributed by atoms with Crippen LogP contribution in [0, 0.1) is 0 Å². The summed E-state index contributed by atoms with van der Waals surface area (Å²) in [6, 6.07) is 21.5. The van der Waals surface area contributed by atoms with E-state index < -0.39 is 16.3 Å². The van der Waals surface area contributed by atoms with Crippen molar-refractivity contribution in [3.05, 3.63) is 71.8 Å². The van der Waals surface area contributed by atoms with Crippen molar-refractivity contribution >= 4 is 10.1 Å².